The number of aliphatic hydroxyl groups excluding tert-OH is 1. The zero-order chi connectivity index (χ0) is 28.8. The van der Waals surface area contributed by atoms with Crippen molar-refractivity contribution in [1.29, 1.82) is 0 Å². The fourth-order valence-electron chi connectivity index (χ4n) is 5.23. The van der Waals surface area contributed by atoms with Crippen LogP contribution in [0.4, 0.5) is 17.5 Å². The van der Waals surface area contributed by atoms with E-state index < -0.39 is 0 Å². The normalized spacial score (nSPS) is 17.1. The van der Waals surface area contributed by atoms with Gasteiger partial charge in [-0.15, -0.1) is 0 Å². The highest BCUT2D eigenvalue weighted by atomic mass is 32.2. The number of anilines is 3. The lowest BCUT2D eigenvalue weighted by molar-refractivity contribution is -0.116. The second-order valence-electron chi connectivity index (χ2n) is 10.8. The van der Waals surface area contributed by atoms with Crippen LogP contribution in [0.25, 0.3) is 0 Å². The maximum absolute atomic E-state index is 11.5. The Labute approximate surface area is 245 Å². The molecule has 41 heavy (non-hydrogen) atoms. The Morgan fingerprint density at radius 1 is 1.07 bits per heavy atom. The molecule has 0 atom stereocenters. The summed E-state index contributed by atoms with van der Waals surface area (Å²) >= 11 is 1.48. The Bertz CT molecular complexity index is 1300. The summed E-state index contributed by atoms with van der Waals surface area (Å²) in [4.78, 5) is 29.5. The topological polar surface area (TPSA) is 123 Å². The lowest BCUT2D eigenvalue weighted by atomic mass is 10.1. The van der Waals surface area contributed by atoms with E-state index in [1.54, 1.807) is 14.0 Å². The molecule has 0 saturated carbocycles. The maximum atomic E-state index is 11.5. The number of aryl methyl sites for hydroxylation is 1. The lowest BCUT2D eigenvalue weighted by Gasteiger charge is -2.37. The van der Waals surface area contributed by atoms with Gasteiger partial charge >= 0.3 is 0 Å². The number of hydrogen-bond donors (Lipinski definition) is 3. The van der Waals surface area contributed by atoms with Crippen molar-refractivity contribution < 1.29 is 14.6 Å². The van der Waals surface area contributed by atoms with Crippen LogP contribution >= 0.6 is 11.8 Å². The fraction of sp³-hybridized carbons (Fsp3) is 0.517. The van der Waals surface area contributed by atoms with E-state index in [1.165, 1.54) is 11.8 Å². The van der Waals surface area contributed by atoms with E-state index in [9.17, 15) is 9.90 Å². The Morgan fingerprint density at radius 3 is 2.37 bits per heavy atom. The Hall–Kier alpha value is -3.19. The summed E-state index contributed by atoms with van der Waals surface area (Å²) in [5.74, 6) is 2.72. The van der Waals surface area contributed by atoms with Gasteiger partial charge in [0, 0.05) is 75.4 Å². The van der Waals surface area contributed by atoms with Crippen LogP contribution in [0, 0.1) is 6.92 Å². The van der Waals surface area contributed by atoms with Crippen LogP contribution in [-0.2, 0) is 11.2 Å². The van der Waals surface area contributed by atoms with Crippen molar-refractivity contribution in [3.05, 3.63) is 41.6 Å². The summed E-state index contributed by atoms with van der Waals surface area (Å²) in [5.41, 5.74) is 1.93. The number of aliphatic hydroxyl groups is 1. The van der Waals surface area contributed by atoms with Gasteiger partial charge in [0.05, 0.1) is 13.2 Å². The predicted molar refractivity (Wildman–Crippen MR) is 160 cm³/mol. The van der Waals surface area contributed by atoms with Gasteiger partial charge in [0.25, 0.3) is 0 Å². The summed E-state index contributed by atoms with van der Waals surface area (Å²) in [6.45, 7) is 11.1. The molecule has 4 heterocycles. The number of ether oxygens (including phenoxy) is 1. The lowest BCUT2D eigenvalue weighted by Crippen LogP contribution is -2.49. The largest absolute Gasteiger partial charge is 0.490 e. The number of aromatic nitrogens is 4. The Balaban J connectivity index is 1.32. The molecule has 2 aliphatic rings. The third kappa shape index (κ3) is 7.97. The summed E-state index contributed by atoms with van der Waals surface area (Å²) in [5, 5.41) is 21.0. The van der Waals surface area contributed by atoms with Crippen LogP contribution in [0.3, 0.4) is 0 Å². The average molecular weight is 581 g/mol. The highest BCUT2D eigenvalue weighted by molar-refractivity contribution is 7.99. The van der Waals surface area contributed by atoms with E-state index in [2.05, 4.69) is 30.2 Å². The molecule has 0 bridgehead atoms. The number of nitrogens with zero attached hydrogens (tertiary/aromatic N) is 6. The van der Waals surface area contributed by atoms with Crippen molar-refractivity contribution >= 4 is 35.0 Å². The van der Waals surface area contributed by atoms with E-state index in [0.717, 1.165) is 87.2 Å². The minimum Gasteiger partial charge on any atom is -0.490 e. The molecule has 3 aromatic rings. The quantitative estimate of drug-likeness (QED) is 0.290. The van der Waals surface area contributed by atoms with Crippen LogP contribution < -0.4 is 15.0 Å². The predicted octanol–water partition coefficient (Wildman–Crippen LogP) is 3.12. The van der Waals surface area contributed by atoms with Crippen LogP contribution in [0.15, 0.2) is 40.4 Å². The van der Waals surface area contributed by atoms with Gasteiger partial charge in [0.2, 0.25) is 5.75 Å². The number of aromatic amines is 1. The molecule has 2 fully saturated rings. The first-order chi connectivity index (χ1) is 19.9. The van der Waals surface area contributed by atoms with E-state index in [-0.39, 0.29) is 11.9 Å². The summed E-state index contributed by atoms with van der Waals surface area (Å²) in [7, 11) is 1.65. The number of ketones is 1. The number of nitrogens with one attached hydrogen (secondary N) is 2. The number of Topliss-reactive ketones (excluding diaryl/α,β-unsaturated/α-hetero) is 1. The van der Waals surface area contributed by atoms with Gasteiger partial charge in [-0.1, -0.05) is 12.1 Å². The van der Waals surface area contributed by atoms with Gasteiger partial charge in [-0.25, -0.2) is 9.97 Å². The highest BCUT2D eigenvalue weighted by Crippen LogP contribution is 2.38. The van der Waals surface area contributed by atoms with Gasteiger partial charge in [0.1, 0.15) is 5.78 Å². The number of hydrogen-bond acceptors (Lipinski definition) is 11. The number of benzene rings is 1. The number of carbonyl (C=O) groups is 1. The SMILES string of the molecule is COc1c(Nc2cc(C)[nH]n2)nc(Sc2ccc(CC(C)=O)cc2)nc1N1CCN(CCN2CCC(O)CC2)CC1. The van der Waals surface area contributed by atoms with E-state index in [1.807, 2.05) is 37.3 Å². The number of H-pyrrole nitrogens is 1. The van der Waals surface area contributed by atoms with Gasteiger partial charge in [0.15, 0.2) is 22.6 Å². The minimum absolute atomic E-state index is 0.136. The van der Waals surface area contributed by atoms with Crippen LogP contribution in [0.5, 0.6) is 5.75 Å². The van der Waals surface area contributed by atoms with Crippen molar-refractivity contribution in [3.8, 4) is 5.75 Å². The molecule has 0 radical (unpaired) electrons. The van der Waals surface area contributed by atoms with Gasteiger partial charge < -0.3 is 25.0 Å². The molecule has 0 spiro atoms. The summed E-state index contributed by atoms with van der Waals surface area (Å²) in [6.07, 6.45) is 2.04. The van der Waals surface area contributed by atoms with Gasteiger partial charge in [-0.2, -0.15) is 5.10 Å². The van der Waals surface area contributed by atoms with Crippen molar-refractivity contribution in [3.63, 3.8) is 0 Å². The monoisotopic (exact) mass is 580 g/mol. The molecule has 2 aromatic heterocycles. The smallest absolute Gasteiger partial charge is 0.204 e. The van der Waals surface area contributed by atoms with Crippen molar-refractivity contribution in [2.75, 3.05) is 69.7 Å². The van der Waals surface area contributed by atoms with Crippen molar-refractivity contribution in [2.45, 2.75) is 49.3 Å². The molecule has 220 valence electrons. The second kappa shape index (κ2) is 13.6. The molecular weight excluding hydrogens is 540 g/mol. The van der Waals surface area contributed by atoms with E-state index >= 15 is 0 Å². The number of rotatable bonds is 11. The first-order valence-corrected chi connectivity index (χ1v) is 15.1. The molecule has 0 amide bonds. The average Bonchev–Trinajstić information content (AvgIpc) is 3.38. The molecule has 1 aromatic carbocycles. The molecule has 2 saturated heterocycles. The first-order valence-electron chi connectivity index (χ1n) is 14.3. The number of carbonyl (C=O) groups excluding carboxylic acids is 1. The number of likely N-dealkylation sites (tertiary alicyclic amines) is 1. The molecule has 11 nitrogen and oxygen atoms in total. The van der Waals surface area contributed by atoms with Gasteiger partial charge in [-0.05, 0) is 56.1 Å². The standard InChI is InChI=1S/C29H40N8O3S/c1-20-18-25(34-33-20)30-27-26(40-3)28(32-29(31-27)41-24-6-4-22(5-7-24)19-21(2)38)37-16-14-36(15-17-37)13-12-35-10-8-23(39)9-11-35/h4-7,18,23,39H,8-17,19H2,1-3H3,(H2,30,31,32,33,34). The molecule has 12 heteroatoms. The van der Waals surface area contributed by atoms with E-state index in [0.29, 0.717) is 29.0 Å². The van der Waals surface area contributed by atoms with Crippen LogP contribution in [-0.4, -0.2) is 106 Å². The number of piperazine rings is 1. The number of methoxy groups -OCH3 is 1. The molecule has 0 unspecified atom stereocenters. The van der Waals surface area contributed by atoms with Crippen molar-refractivity contribution in [2.24, 2.45) is 0 Å². The zero-order valence-electron chi connectivity index (χ0n) is 24.1. The molecule has 3 N–H and O–H groups in total. The van der Waals surface area contributed by atoms with Gasteiger partial charge in [-0.3, -0.25) is 14.8 Å². The third-order valence-corrected chi connectivity index (χ3v) is 8.40. The zero-order valence-corrected chi connectivity index (χ0v) is 24.9. The maximum Gasteiger partial charge on any atom is 0.204 e. The van der Waals surface area contributed by atoms with Crippen LogP contribution in [0.2, 0.25) is 0 Å². The molecule has 5 rings (SSSR count). The highest BCUT2D eigenvalue weighted by Gasteiger charge is 2.26. The Kier molecular flexibility index (Phi) is 9.76. The van der Waals surface area contributed by atoms with Crippen molar-refractivity contribution in [1.82, 2.24) is 30.0 Å². The first kappa shape index (κ1) is 29.3. The fourth-order valence-corrected chi connectivity index (χ4v) is 5.98. The summed E-state index contributed by atoms with van der Waals surface area (Å²) < 4.78 is 5.88. The number of piperidine rings is 1. The minimum atomic E-state index is -0.136. The van der Waals surface area contributed by atoms with Crippen LogP contribution in [0.1, 0.15) is 31.0 Å². The third-order valence-electron chi connectivity index (χ3n) is 7.53. The molecule has 2 aliphatic heterocycles. The second-order valence-corrected chi connectivity index (χ2v) is 11.8. The Morgan fingerprint density at radius 2 is 1.76 bits per heavy atom. The van der Waals surface area contributed by atoms with E-state index in [4.69, 9.17) is 14.7 Å². The molecule has 0 aliphatic carbocycles. The summed E-state index contributed by atoms with van der Waals surface area (Å²) in [6, 6.07) is 9.88. The molecular formula is C29H40N8O3S.